The van der Waals surface area contributed by atoms with Crippen LogP contribution < -0.4 is 0 Å². The molecule has 1 saturated carbocycles. The van der Waals surface area contributed by atoms with Crippen LogP contribution in [0.2, 0.25) is 0 Å². The minimum Gasteiger partial charge on any atom is -0.299 e. The molecule has 1 aromatic carbocycles. The quantitative estimate of drug-likeness (QED) is 0.527. The Morgan fingerprint density at radius 1 is 1.29 bits per heavy atom. The number of rotatable bonds is 2. The fourth-order valence-corrected chi connectivity index (χ4v) is 1.75. The van der Waals surface area contributed by atoms with Gasteiger partial charge in [-0.15, -0.1) is 0 Å². The van der Waals surface area contributed by atoms with Gasteiger partial charge in [0.1, 0.15) is 5.78 Å². The molecule has 1 aliphatic rings. The van der Waals surface area contributed by atoms with Crippen LogP contribution in [0.1, 0.15) is 30.1 Å². The second-order valence-corrected chi connectivity index (χ2v) is 3.95. The third-order valence-corrected chi connectivity index (χ3v) is 3.00. The minimum absolute atomic E-state index is 0.0330. The smallest absolute Gasteiger partial charge is 0.176 e. The van der Waals surface area contributed by atoms with E-state index in [-0.39, 0.29) is 11.6 Å². The van der Waals surface area contributed by atoms with Gasteiger partial charge in [-0.2, -0.15) is 0 Å². The number of Topliss-reactive ketones (excluding diaryl/α,β-unsaturated/α-hetero) is 2. The Kier molecular flexibility index (Phi) is 1.99. The number of benzene rings is 1. The summed E-state index contributed by atoms with van der Waals surface area (Å²) in [6.07, 6.45) is 1.24. The Hall–Kier alpha value is -1.44. The van der Waals surface area contributed by atoms with E-state index in [4.69, 9.17) is 0 Å². The predicted octanol–water partition coefficient (Wildman–Crippen LogP) is 2.24. The second kappa shape index (κ2) is 3.05. The van der Waals surface area contributed by atoms with Gasteiger partial charge in [0.25, 0.3) is 0 Å². The summed E-state index contributed by atoms with van der Waals surface area (Å²) in [6.45, 7) is 1.74. The second-order valence-electron chi connectivity index (χ2n) is 3.95. The number of ketones is 2. The summed E-state index contributed by atoms with van der Waals surface area (Å²) >= 11 is 0. The van der Waals surface area contributed by atoms with Crippen LogP contribution in [0, 0.1) is 5.41 Å². The highest BCUT2D eigenvalue weighted by Crippen LogP contribution is 2.39. The maximum atomic E-state index is 11.9. The Morgan fingerprint density at radius 2 is 1.93 bits per heavy atom. The van der Waals surface area contributed by atoms with E-state index in [1.807, 2.05) is 18.2 Å². The Balaban J connectivity index is 2.29. The van der Waals surface area contributed by atoms with Gasteiger partial charge in [0.2, 0.25) is 0 Å². The van der Waals surface area contributed by atoms with E-state index in [1.165, 1.54) is 0 Å². The van der Waals surface area contributed by atoms with Crippen LogP contribution in [0.5, 0.6) is 0 Å². The van der Waals surface area contributed by atoms with E-state index in [0.29, 0.717) is 18.4 Å². The third-order valence-electron chi connectivity index (χ3n) is 3.00. The first-order valence-electron chi connectivity index (χ1n) is 4.78. The van der Waals surface area contributed by atoms with Crippen molar-refractivity contribution >= 4 is 11.6 Å². The average molecular weight is 188 g/mol. The SMILES string of the molecule is CC1(C(=O)c2ccccc2)CCC1=O. The van der Waals surface area contributed by atoms with Gasteiger partial charge in [-0.1, -0.05) is 30.3 Å². The molecule has 14 heavy (non-hydrogen) atoms. The molecule has 0 amide bonds. The summed E-state index contributed by atoms with van der Waals surface area (Å²) in [7, 11) is 0. The van der Waals surface area contributed by atoms with Crippen LogP contribution in [0.15, 0.2) is 30.3 Å². The van der Waals surface area contributed by atoms with Crippen molar-refractivity contribution in [2.75, 3.05) is 0 Å². The van der Waals surface area contributed by atoms with Crippen molar-refractivity contribution in [3.63, 3.8) is 0 Å². The van der Waals surface area contributed by atoms with Crippen molar-refractivity contribution in [3.8, 4) is 0 Å². The van der Waals surface area contributed by atoms with E-state index >= 15 is 0 Å². The molecule has 0 heterocycles. The van der Waals surface area contributed by atoms with Crippen molar-refractivity contribution in [2.45, 2.75) is 19.8 Å². The summed E-state index contributed by atoms with van der Waals surface area (Å²) < 4.78 is 0. The van der Waals surface area contributed by atoms with Gasteiger partial charge in [-0.25, -0.2) is 0 Å². The number of hydrogen-bond acceptors (Lipinski definition) is 2. The maximum absolute atomic E-state index is 11.9. The van der Waals surface area contributed by atoms with Crippen molar-refractivity contribution in [1.29, 1.82) is 0 Å². The van der Waals surface area contributed by atoms with Crippen LogP contribution in [0.25, 0.3) is 0 Å². The van der Waals surface area contributed by atoms with E-state index in [0.717, 1.165) is 0 Å². The molecule has 2 heteroatoms. The first-order chi connectivity index (χ1) is 6.64. The molecule has 2 nitrogen and oxygen atoms in total. The van der Waals surface area contributed by atoms with E-state index in [1.54, 1.807) is 19.1 Å². The lowest BCUT2D eigenvalue weighted by molar-refractivity contribution is -0.133. The standard InChI is InChI=1S/C12H12O2/c1-12(8-7-10(12)13)11(14)9-5-3-2-4-6-9/h2-6H,7-8H2,1H3. The largest absolute Gasteiger partial charge is 0.299 e. The van der Waals surface area contributed by atoms with Gasteiger partial charge in [0.15, 0.2) is 5.78 Å². The zero-order chi connectivity index (χ0) is 10.2. The lowest BCUT2D eigenvalue weighted by atomic mass is 9.65. The van der Waals surface area contributed by atoms with E-state index in [2.05, 4.69) is 0 Å². The third kappa shape index (κ3) is 1.18. The summed E-state index contributed by atoms with van der Waals surface area (Å²) in [6, 6.07) is 9.03. The van der Waals surface area contributed by atoms with Gasteiger partial charge in [-0.3, -0.25) is 9.59 Å². The van der Waals surface area contributed by atoms with E-state index < -0.39 is 5.41 Å². The van der Waals surface area contributed by atoms with Gasteiger partial charge in [0.05, 0.1) is 5.41 Å². The number of carbonyl (C=O) groups is 2. The molecule has 2 rings (SSSR count). The summed E-state index contributed by atoms with van der Waals surface area (Å²) in [5.74, 6) is 0.0423. The zero-order valence-electron chi connectivity index (χ0n) is 8.12. The van der Waals surface area contributed by atoms with Crippen LogP contribution in [-0.4, -0.2) is 11.6 Å². The fourth-order valence-electron chi connectivity index (χ4n) is 1.75. The zero-order valence-corrected chi connectivity index (χ0v) is 8.12. The molecule has 0 spiro atoms. The molecule has 0 aliphatic heterocycles. The van der Waals surface area contributed by atoms with Crippen molar-refractivity contribution < 1.29 is 9.59 Å². The summed E-state index contributed by atoms with van der Waals surface area (Å²) in [4.78, 5) is 23.3. The lowest BCUT2D eigenvalue weighted by Crippen LogP contribution is -2.44. The Bertz CT molecular complexity index is 381. The van der Waals surface area contributed by atoms with E-state index in [9.17, 15) is 9.59 Å². The molecular formula is C12H12O2. The molecule has 1 aliphatic carbocycles. The van der Waals surface area contributed by atoms with Gasteiger partial charge < -0.3 is 0 Å². The lowest BCUT2D eigenvalue weighted by Gasteiger charge is -2.34. The molecule has 72 valence electrons. The summed E-state index contributed by atoms with van der Waals surface area (Å²) in [5.41, 5.74) is -0.0931. The highest BCUT2D eigenvalue weighted by Gasteiger charge is 2.47. The molecule has 1 aromatic rings. The minimum atomic E-state index is -0.735. The van der Waals surface area contributed by atoms with Crippen molar-refractivity contribution in [2.24, 2.45) is 5.41 Å². The molecule has 0 aromatic heterocycles. The summed E-state index contributed by atoms with van der Waals surface area (Å²) in [5, 5.41) is 0. The molecule has 0 N–H and O–H groups in total. The molecule has 1 fully saturated rings. The first kappa shape index (κ1) is 9.13. The highest BCUT2D eigenvalue weighted by atomic mass is 16.2. The fraction of sp³-hybridized carbons (Fsp3) is 0.333. The molecule has 0 bridgehead atoms. The Morgan fingerprint density at radius 3 is 2.36 bits per heavy atom. The molecule has 1 atom stereocenters. The van der Waals surface area contributed by atoms with Crippen LogP contribution in [0.4, 0.5) is 0 Å². The normalized spacial score (nSPS) is 25.6. The topological polar surface area (TPSA) is 34.1 Å². The first-order valence-corrected chi connectivity index (χ1v) is 4.78. The van der Waals surface area contributed by atoms with Gasteiger partial charge in [-0.05, 0) is 13.3 Å². The Labute approximate surface area is 82.9 Å². The van der Waals surface area contributed by atoms with Gasteiger partial charge >= 0.3 is 0 Å². The molecule has 0 saturated heterocycles. The van der Waals surface area contributed by atoms with Crippen LogP contribution in [0.3, 0.4) is 0 Å². The molecule has 0 radical (unpaired) electrons. The molecule has 1 unspecified atom stereocenters. The highest BCUT2D eigenvalue weighted by molar-refractivity contribution is 6.17. The number of carbonyl (C=O) groups excluding carboxylic acids is 2. The molecular weight excluding hydrogens is 176 g/mol. The van der Waals surface area contributed by atoms with Crippen molar-refractivity contribution in [1.82, 2.24) is 0 Å². The predicted molar refractivity (Wildman–Crippen MR) is 53.1 cm³/mol. The monoisotopic (exact) mass is 188 g/mol. The van der Waals surface area contributed by atoms with Gasteiger partial charge in [0, 0.05) is 12.0 Å². The maximum Gasteiger partial charge on any atom is 0.176 e. The van der Waals surface area contributed by atoms with Crippen LogP contribution >= 0.6 is 0 Å². The number of hydrogen-bond donors (Lipinski definition) is 0. The average Bonchev–Trinajstić information content (AvgIpc) is 2.26. The van der Waals surface area contributed by atoms with Crippen molar-refractivity contribution in [3.05, 3.63) is 35.9 Å². The van der Waals surface area contributed by atoms with Crippen LogP contribution in [-0.2, 0) is 4.79 Å².